The molecular weight excluding hydrogens is 774 g/mol. The Morgan fingerprint density at radius 1 is 0.491 bits per heavy atom. The van der Waals surface area contributed by atoms with E-state index in [4.69, 9.17) is 0 Å². The summed E-state index contributed by atoms with van der Waals surface area (Å²) in [5, 5.41) is 52.3. The van der Waals surface area contributed by atoms with Crippen LogP contribution in [-0.4, -0.2) is 30.0 Å². The molecule has 0 saturated heterocycles. The number of hydrogen-bond acceptors (Lipinski definition) is 10. The number of aromatic hydroxyl groups is 2. The van der Waals surface area contributed by atoms with Gasteiger partial charge in [-0.3, -0.25) is 30.2 Å². The van der Waals surface area contributed by atoms with E-state index >= 15 is 0 Å². The second-order valence-electron chi connectivity index (χ2n) is 12.7. The molecular formula is C44H34N6O6Zn. The van der Waals surface area contributed by atoms with Crippen molar-refractivity contribution in [1.29, 1.82) is 0 Å². The van der Waals surface area contributed by atoms with Crippen LogP contribution in [0.2, 0.25) is 0 Å². The Morgan fingerprint density at radius 3 is 1.28 bits per heavy atom. The quantitative estimate of drug-likeness (QED) is 0.0591. The van der Waals surface area contributed by atoms with E-state index in [0.29, 0.717) is 33.5 Å². The molecule has 0 saturated carbocycles. The minimum Gasteiger partial charge on any atom is -0.505 e. The molecule has 278 valence electrons. The van der Waals surface area contributed by atoms with E-state index in [1.807, 2.05) is 109 Å². The van der Waals surface area contributed by atoms with Gasteiger partial charge in [0.25, 0.3) is 11.4 Å². The van der Waals surface area contributed by atoms with Crippen LogP contribution in [-0.2, 0) is 19.5 Å². The maximum Gasteiger partial charge on any atom is 0.271 e. The fraction of sp³-hybridized carbons (Fsp3) is 0.0455. The fourth-order valence-corrected chi connectivity index (χ4v) is 6.48. The average Bonchev–Trinajstić information content (AvgIpc) is 3.24. The first-order chi connectivity index (χ1) is 27.3. The third kappa shape index (κ3) is 9.01. The Balaban J connectivity index is 0.000000189. The zero-order valence-electron chi connectivity index (χ0n) is 30.3. The Labute approximate surface area is 339 Å². The number of non-ortho nitro benzene ring substituents is 2. The second-order valence-corrected chi connectivity index (χ2v) is 12.7. The fourth-order valence-electron chi connectivity index (χ4n) is 6.48. The second kappa shape index (κ2) is 17.9. The van der Waals surface area contributed by atoms with Gasteiger partial charge in [0, 0.05) is 89.4 Å². The first kappa shape index (κ1) is 39.5. The van der Waals surface area contributed by atoms with Crippen LogP contribution >= 0.6 is 0 Å². The minimum absolute atomic E-state index is 0. The molecule has 0 bridgehead atoms. The summed E-state index contributed by atoms with van der Waals surface area (Å²) in [7, 11) is 0. The third-order valence-corrected chi connectivity index (χ3v) is 9.18. The first-order valence-electron chi connectivity index (χ1n) is 17.5. The molecule has 8 aromatic rings. The van der Waals surface area contributed by atoms with Gasteiger partial charge in [-0.1, -0.05) is 109 Å². The number of nitro groups is 2. The summed E-state index contributed by atoms with van der Waals surface area (Å²) in [6, 6.07) is 46.0. The topological polar surface area (TPSA) is 177 Å². The molecule has 0 aliphatic carbocycles. The molecule has 2 heterocycles. The van der Waals surface area contributed by atoms with Crippen LogP contribution in [0, 0.1) is 20.2 Å². The number of aromatic nitrogens is 2. The number of nitrogens with one attached hydrogen (secondary N) is 2. The van der Waals surface area contributed by atoms with Gasteiger partial charge in [0.2, 0.25) is 0 Å². The molecule has 57 heavy (non-hydrogen) atoms. The molecule has 0 aliphatic rings. The van der Waals surface area contributed by atoms with Crippen molar-refractivity contribution in [2.24, 2.45) is 0 Å². The smallest absolute Gasteiger partial charge is 0.271 e. The van der Waals surface area contributed by atoms with Gasteiger partial charge in [0.05, 0.1) is 21.9 Å². The van der Waals surface area contributed by atoms with Crippen molar-refractivity contribution in [3.63, 3.8) is 0 Å². The molecule has 4 N–H and O–H groups in total. The molecule has 0 aliphatic heterocycles. The Morgan fingerprint density at radius 2 is 0.895 bits per heavy atom. The summed E-state index contributed by atoms with van der Waals surface area (Å²) < 4.78 is 0. The van der Waals surface area contributed by atoms with Crippen LogP contribution in [0.4, 0.5) is 22.7 Å². The molecule has 13 heteroatoms. The van der Waals surface area contributed by atoms with Crippen LogP contribution in [0.1, 0.15) is 34.3 Å². The molecule has 2 unspecified atom stereocenters. The molecule has 0 amide bonds. The zero-order chi connectivity index (χ0) is 39.0. The van der Waals surface area contributed by atoms with Crippen molar-refractivity contribution < 1.29 is 39.5 Å². The molecule has 2 aromatic heterocycles. The monoisotopic (exact) mass is 806 g/mol. The maximum absolute atomic E-state index is 11.1. The van der Waals surface area contributed by atoms with Crippen molar-refractivity contribution in [3.8, 4) is 11.5 Å². The largest absolute Gasteiger partial charge is 0.505 e. The van der Waals surface area contributed by atoms with Crippen molar-refractivity contribution >= 4 is 44.6 Å². The molecule has 0 radical (unpaired) electrons. The van der Waals surface area contributed by atoms with Crippen LogP contribution in [0.3, 0.4) is 0 Å². The van der Waals surface area contributed by atoms with E-state index in [2.05, 4.69) is 20.6 Å². The normalized spacial score (nSPS) is 11.6. The number of benzene rings is 6. The third-order valence-electron chi connectivity index (χ3n) is 9.18. The number of phenolic OH excluding ortho intramolecular Hbond substituents is 2. The Kier molecular flexibility index (Phi) is 12.4. The van der Waals surface area contributed by atoms with E-state index in [-0.39, 0.29) is 42.4 Å². The van der Waals surface area contributed by atoms with Gasteiger partial charge in [0.15, 0.2) is 0 Å². The van der Waals surface area contributed by atoms with Crippen molar-refractivity contribution in [2.75, 3.05) is 10.6 Å². The predicted molar refractivity (Wildman–Crippen MR) is 217 cm³/mol. The summed E-state index contributed by atoms with van der Waals surface area (Å²) in [5.74, 6) is 0.176. The van der Waals surface area contributed by atoms with Crippen molar-refractivity contribution in [1.82, 2.24) is 9.97 Å². The van der Waals surface area contributed by atoms with Crippen molar-refractivity contribution in [3.05, 3.63) is 213 Å². The van der Waals surface area contributed by atoms with E-state index in [9.17, 15) is 30.4 Å². The van der Waals surface area contributed by atoms with Crippen LogP contribution in [0.15, 0.2) is 170 Å². The van der Waals surface area contributed by atoms with Gasteiger partial charge in [-0.15, -0.1) is 0 Å². The summed E-state index contributed by atoms with van der Waals surface area (Å²) in [6.07, 6.45) is 3.27. The Hall–Kier alpha value is -7.24. The maximum atomic E-state index is 11.1. The van der Waals surface area contributed by atoms with Gasteiger partial charge in [0.1, 0.15) is 22.5 Å². The van der Waals surface area contributed by atoms with Crippen LogP contribution < -0.4 is 10.6 Å². The summed E-state index contributed by atoms with van der Waals surface area (Å²) >= 11 is 0. The van der Waals surface area contributed by atoms with Gasteiger partial charge in [-0.2, -0.15) is 0 Å². The number of rotatable bonds is 10. The molecule has 2 atom stereocenters. The van der Waals surface area contributed by atoms with Gasteiger partial charge in [-0.25, -0.2) is 0 Å². The van der Waals surface area contributed by atoms with E-state index in [1.54, 1.807) is 36.7 Å². The number of anilines is 2. The van der Waals surface area contributed by atoms with Crippen molar-refractivity contribution in [2.45, 2.75) is 12.1 Å². The van der Waals surface area contributed by atoms with Gasteiger partial charge < -0.3 is 20.8 Å². The molecule has 0 spiro atoms. The summed E-state index contributed by atoms with van der Waals surface area (Å²) in [4.78, 5) is 29.9. The van der Waals surface area contributed by atoms with E-state index in [1.165, 1.54) is 24.3 Å². The number of fused-ring (bicyclic) bond motifs is 2. The van der Waals surface area contributed by atoms with Crippen LogP contribution in [0.5, 0.6) is 11.5 Å². The Bertz CT molecular complexity index is 2480. The minimum atomic E-state index is -0.430. The zero-order valence-corrected chi connectivity index (χ0v) is 33.3. The molecule has 0 fully saturated rings. The van der Waals surface area contributed by atoms with Crippen LogP contribution in [0.25, 0.3) is 21.8 Å². The summed E-state index contributed by atoms with van der Waals surface area (Å²) in [5.41, 5.74) is 5.32. The first-order valence-corrected chi connectivity index (χ1v) is 17.5. The molecule has 8 rings (SSSR count). The number of nitrogens with zero attached hydrogens (tertiary/aromatic N) is 4. The van der Waals surface area contributed by atoms with Gasteiger partial charge >= 0.3 is 0 Å². The number of hydrogen-bond donors (Lipinski definition) is 4. The predicted octanol–water partition coefficient (Wildman–Crippen LogP) is 10.1. The molecule has 6 aromatic carbocycles. The summed E-state index contributed by atoms with van der Waals surface area (Å²) in [6.45, 7) is 0. The number of nitro benzene ring substituents is 2. The average molecular weight is 808 g/mol. The standard InChI is InChI=1S/2C22H17N3O3.Zn/c2*26-22-19(12-11-16-8-5-13-23-21(16)22)20(15-6-2-1-3-7-15)24-17-9-4-10-18(14-17)25(27)28;/h2*1-14,20,24,26H;. The SMILES string of the molecule is O=[N+]([O-])c1cccc(NC(c2ccccc2)c2ccc3cccnc3c2O)c1.O=[N+]([O-])c1cccc(NC(c2ccccc2)c2ccc3cccnc3c2O)c1.[Zn]. The van der Waals surface area contributed by atoms with E-state index in [0.717, 1.165) is 21.9 Å². The number of pyridine rings is 2. The van der Waals surface area contributed by atoms with E-state index < -0.39 is 21.9 Å². The van der Waals surface area contributed by atoms with Gasteiger partial charge in [-0.05, 0) is 35.4 Å². The molecule has 12 nitrogen and oxygen atoms in total. The number of phenols is 2.